The maximum absolute atomic E-state index is 10.9. The first-order valence-electron chi connectivity index (χ1n) is 6.97. The molecule has 2 aromatic carbocycles. The molecular formula is C18H13N3O2. The fourth-order valence-electron chi connectivity index (χ4n) is 2.42. The average molecular weight is 303 g/mol. The lowest BCUT2D eigenvalue weighted by Gasteiger charge is -2.01. The zero-order valence-electron chi connectivity index (χ0n) is 12.4. The Hall–Kier alpha value is -3.39. The lowest BCUT2D eigenvalue weighted by atomic mass is 10.1. The van der Waals surface area contributed by atoms with E-state index >= 15 is 0 Å². The molecule has 3 rings (SSSR count). The summed E-state index contributed by atoms with van der Waals surface area (Å²) in [4.78, 5) is 15.4. The normalized spacial score (nSPS) is 11.4. The van der Waals surface area contributed by atoms with Crippen molar-refractivity contribution >= 4 is 28.7 Å². The van der Waals surface area contributed by atoms with Gasteiger partial charge < -0.3 is 9.67 Å². The van der Waals surface area contributed by atoms with Crippen LogP contribution in [0, 0.1) is 11.3 Å². The zero-order chi connectivity index (χ0) is 16.4. The van der Waals surface area contributed by atoms with Crippen LogP contribution in [0.3, 0.4) is 0 Å². The molecule has 5 nitrogen and oxygen atoms in total. The van der Waals surface area contributed by atoms with Crippen molar-refractivity contribution in [3.63, 3.8) is 0 Å². The quantitative estimate of drug-likeness (QED) is 0.753. The van der Waals surface area contributed by atoms with E-state index in [4.69, 9.17) is 5.11 Å². The minimum Gasteiger partial charge on any atom is -0.478 e. The molecule has 0 unspecified atom stereocenters. The van der Waals surface area contributed by atoms with Gasteiger partial charge in [-0.05, 0) is 35.9 Å². The Morgan fingerprint density at radius 1 is 1.22 bits per heavy atom. The number of aryl methyl sites for hydroxylation is 1. The van der Waals surface area contributed by atoms with Crippen molar-refractivity contribution in [1.29, 1.82) is 5.26 Å². The van der Waals surface area contributed by atoms with E-state index in [1.807, 2.05) is 35.9 Å². The van der Waals surface area contributed by atoms with E-state index in [-0.39, 0.29) is 5.56 Å². The minimum absolute atomic E-state index is 0.211. The minimum atomic E-state index is -0.976. The van der Waals surface area contributed by atoms with Gasteiger partial charge in [-0.3, -0.25) is 0 Å². The van der Waals surface area contributed by atoms with Gasteiger partial charge in [-0.25, -0.2) is 9.78 Å². The highest BCUT2D eigenvalue weighted by Crippen LogP contribution is 2.22. The van der Waals surface area contributed by atoms with Crippen LogP contribution in [0.15, 0.2) is 48.5 Å². The van der Waals surface area contributed by atoms with Crippen LogP contribution in [0.4, 0.5) is 0 Å². The summed E-state index contributed by atoms with van der Waals surface area (Å²) >= 11 is 0. The van der Waals surface area contributed by atoms with E-state index in [1.165, 1.54) is 12.1 Å². The number of aromatic carboxylic acids is 1. The number of carbonyl (C=O) groups is 1. The number of nitriles is 1. The second kappa shape index (κ2) is 5.78. The molecule has 0 saturated carbocycles. The van der Waals surface area contributed by atoms with E-state index in [0.29, 0.717) is 11.4 Å². The van der Waals surface area contributed by atoms with Gasteiger partial charge in [0.2, 0.25) is 0 Å². The number of nitrogens with zero attached hydrogens (tertiary/aromatic N) is 3. The Morgan fingerprint density at radius 2 is 1.91 bits per heavy atom. The molecule has 0 radical (unpaired) electrons. The number of aromatic nitrogens is 2. The lowest BCUT2D eigenvalue weighted by molar-refractivity contribution is 0.0697. The van der Waals surface area contributed by atoms with E-state index < -0.39 is 5.97 Å². The smallest absolute Gasteiger partial charge is 0.335 e. The number of allylic oxidation sites excluding steroid dienone is 1. The highest BCUT2D eigenvalue weighted by Gasteiger charge is 2.11. The number of para-hydroxylation sites is 2. The molecule has 1 heterocycles. The highest BCUT2D eigenvalue weighted by molar-refractivity contribution is 5.92. The van der Waals surface area contributed by atoms with Crippen LogP contribution in [0.1, 0.15) is 21.7 Å². The van der Waals surface area contributed by atoms with Crippen molar-refractivity contribution in [1.82, 2.24) is 9.55 Å². The number of imidazole rings is 1. The Balaban J connectivity index is 2.06. The molecule has 112 valence electrons. The van der Waals surface area contributed by atoms with Crippen LogP contribution in [0.5, 0.6) is 0 Å². The van der Waals surface area contributed by atoms with Crippen molar-refractivity contribution < 1.29 is 9.90 Å². The molecule has 0 spiro atoms. The summed E-state index contributed by atoms with van der Waals surface area (Å²) < 4.78 is 1.87. The lowest BCUT2D eigenvalue weighted by Crippen LogP contribution is -1.97. The summed E-state index contributed by atoms with van der Waals surface area (Å²) in [6.45, 7) is 0. The summed E-state index contributed by atoms with van der Waals surface area (Å²) in [5.41, 5.74) is 3.16. The molecule has 0 aliphatic carbocycles. The Labute approximate surface area is 132 Å². The molecule has 0 saturated heterocycles. The largest absolute Gasteiger partial charge is 0.478 e. The number of fused-ring (bicyclic) bond motifs is 1. The molecule has 5 heteroatoms. The maximum atomic E-state index is 10.9. The molecule has 1 aromatic heterocycles. The molecular weight excluding hydrogens is 290 g/mol. The zero-order valence-corrected chi connectivity index (χ0v) is 12.4. The molecule has 1 N–H and O–H groups in total. The summed E-state index contributed by atoms with van der Waals surface area (Å²) in [7, 11) is 1.86. The van der Waals surface area contributed by atoms with Crippen molar-refractivity contribution in [2.45, 2.75) is 0 Å². The van der Waals surface area contributed by atoms with Crippen molar-refractivity contribution in [2.75, 3.05) is 0 Å². The van der Waals surface area contributed by atoms with Gasteiger partial charge in [-0.1, -0.05) is 24.3 Å². The summed E-state index contributed by atoms with van der Waals surface area (Å²) in [5, 5.41) is 18.4. The van der Waals surface area contributed by atoms with Gasteiger partial charge in [0.15, 0.2) is 5.82 Å². The number of hydrogen-bond donors (Lipinski definition) is 1. The molecule has 0 atom stereocenters. The first kappa shape index (κ1) is 14.5. The van der Waals surface area contributed by atoms with Crippen LogP contribution in [0.25, 0.3) is 22.7 Å². The fourth-order valence-corrected chi connectivity index (χ4v) is 2.42. The molecule has 0 amide bonds. The Morgan fingerprint density at radius 3 is 2.52 bits per heavy atom. The molecule has 0 aliphatic rings. The molecule has 0 bridgehead atoms. The van der Waals surface area contributed by atoms with Crippen LogP contribution >= 0.6 is 0 Å². The van der Waals surface area contributed by atoms with Crippen LogP contribution < -0.4 is 0 Å². The second-order valence-electron chi connectivity index (χ2n) is 5.08. The summed E-state index contributed by atoms with van der Waals surface area (Å²) in [5.74, 6) is -0.396. The summed E-state index contributed by atoms with van der Waals surface area (Å²) in [6.07, 6.45) is 1.70. The van der Waals surface area contributed by atoms with Gasteiger partial charge in [0.25, 0.3) is 0 Å². The fraction of sp³-hybridized carbons (Fsp3) is 0.0556. The predicted molar refractivity (Wildman–Crippen MR) is 87.6 cm³/mol. The Bertz CT molecular complexity index is 960. The van der Waals surface area contributed by atoms with Crippen LogP contribution in [-0.4, -0.2) is 20.6 Å². The van der Waals surface area contributed by atoms with Gasteiger partial charge in [0.05, 0.1) is 22.2 Å². The first-order valence-corrected chi connectivity index (χ1v) is 6.97. The standard InChI is InChI=1S/C18H13N3O2/c1-21-16-5-3-2-4-15(16)20-17(21)14(11-19)10-12-6-8-13(9-7-12)18(22)23/h2-10H,1H3,(H,22,23)/b14-10+. The maximum Gasteiger partial charge on any atom is 0.335 e. The number of rotatable bonds is 3. The van der Waals surface area contributed by atoms with E-state index in [9.17, 15) is 10.1 Å². The third kappa shape index (κ3) is 2.70. The van der Waals surface area contributed by atoms with Crippen molar-refractivity contribution in [3.8, 4) is 6.07 Å². The van der Waals surface area contributed by atoms with Gasteiger partial charge in [-0.2, -0.15) is 5.26 Å². The van der Waals surface area contributed by atoms with Crippen molar-refractivity contribution in [2.24, 2.45) is 7.05 Å². The average Bonchev–Trinajstić information content (AvgIpc) is 2.90. The SMILES string of the molecule is Cn1c(/C(C#N)=C/c2ccc(C(=O)O)cc2)nc2ccccc21. The molecule has 0 aliphatic heterocycles. The third-order valence-electron chi connectivity index (χ3n) is 3.62. The topological polar surface area (TPSA) is 78.9 Å². The number of carboxylic acid groups (broad SMARTS) is 1. The predicted octanol–water partition coefficient (Wildman–Crippen LogP) is 3.34. The molecule has 0 fully saturated rings. The van der Waals surface area contributed by atoms with Gasteiger partial charge in [-0.15, -0.1) is 0 Å². The van der Waals surface area contributed by atoms with Crippen LogP contribution in [-0.2, 0) is 7.05 Å². The first-order chi connectivity index (χ1) is 11.1. The molecule has 23 heavy (non-hydrogen) atoms. The molecule has 3 aromatic rings. The number of hydrogen-bond acceptors (Lipinski definition) is 3. The van der Waals surface area contributed by atoms with E-state index in [0.717, 1.165) is 16.6 Å². The van der Waals surface area contributed by atoms with E-state index in [1.54, 1.807) is 18.2 Å². The second-order valence-corrected chi connectivity index (χ2v) is 5.08. The Kier molecular flexibility index (Phi) is 3.65. The summed E-state index contributed by atoms with van der Waals surface area (Å²) in [6, 6.07) is 16.2. The van der Waals surface area contributed by atoms with E-state index in [2.05, 4.69) is 11.1 Å². The van der Waals surface area contributed by atoms with Crippen LogP contribution in [0.2, 0.25) is 0 Å². The number of carboxylic acids is 1. The highest BCUT2D eigenvalue weighted by atomic mass is 16.4. The van der Waals surface area contributed by atoms with Gasteiger partial charge in [0, 0.05) is 7.05 Å². The monoisotopic (exact) mass is 303 g/mol. The van der Waals surface area contributed by atoms with Gasteiger partial charge in [0.1, 0.15) is 6.07 Å². The third-order valence-corrected chi connectivity index (χ3v) is 3.62. The van der Waals surface area contributed by atoms with Gasteiger partial charge >= 0.3 is 5.97 Å². The number of benzene rings is 2. The van der Waals surface area contributed by atoms with Crippen molar-refractivity contribution in [3.05, 3.63) is 65.5 Å².